The zero-order valence-corrected chi connectivity index (χ0v) is 12.7. The van der Waals surface area contributed by atoms with E-state index in [1.54, 1.807) is 0 Å². The Labute approximate surface area is 120 Å². The summed E-state index contributed by atoms with van der Waals surface area (Å²) in [5.41, 5.74) is 0. The maximum atomic E-state index is 6.06. The number of hydrogen-bond donors (Lipinski definition) is 1. The lowest BCUT2D eigenvalue weighted by Crippen LogP contribution is -2.43. The molecule has 1 aromatic heterocycles. The quantitative estimate of drug-likeness (QED) is 0.862. The zero-order valence-electron chi connectivity index (χ0n) is 12.0. The van der Waals surface area contributed by atoms with E-state index in [0.29, 0.717) is 17.1 Å². The molecule has 0 aromatic carbocycles. The van der Waals surface area contributed by atoms with Gasteiger partial charge in [0.15, 0.2) is 0 Å². The number of hydrogen-bond acceptors (Lipinski definition) is 4. The average molecular weight is 283 g/mol. The first-order valence-corrected chi connectivity index (χ1v) is 7.44. The van der Waals surface area contributed by atoms with E-state index in [9.17, 15) is 0 Å². The molecule has 1 aromatic rings. The van der Waals surface area contributed by atoms with E-state index in [0.717, 1.165) is 44.0 Å². The number of piperidine rings is 1. The van der Waals surface area contributed by atoms with Crippen LogP contribution in [0.25, 0.3) is 0 Å². The van der Waals surface area contributed by atoms with E-state index in [2.05, 4.69) is 41.1 Å². The molecule has 1 N–H and O–H groups in total. The zero-order chi connectivity index (χ0) is 13.8. The largest absolute Gasteiger partial charge is 0.367 e. The lowest BCUT2D eigenvalue weighted by atomic mass is 9.94. The molecule has 0 radical (unpaired) electrons. The summed E-state index contributed by atoms with van der Waals surface area (Å²) in [7, 11) is 2.17. The molecule has 0 saturated carbocycles. The summed E-state index contributed by atoms with van der Waals surface area (Å²) >= 11 is 6.06. The van der Waals surface area contributed by atoms with Crippen LogP contribution in [-0.2, 0) is 6.42 Å². The van der Waals surface area contributed by atoms with Gasteiger partial charge in [0.25, 0.3) is 0 Å². The van der Waals surface area contributed by atoms with Gasteiger partial charge in [-0.05, 0) is 32.4 Å². The minimum Gasteiger partial charge on any atom is -0.367 e. The number of nitrogens with one attached hydrogen (secondary N) is 1. The third kappa shape index (κ3) is 4.05. The second-order valence-electron chi connectivity index (χ2n) is 5.52. The third-order valence-electron chi connectivity index (χ3n) is 3.66. The number of halogens is 1. The van der Waals surface area contributed by atoms with E-state index < -0.39 is 0 Å². The van der Waals surface area contributed by atoms with Gasteiger partial charge in [-0.1, -0.05) is 25.4 Å². The molecule has 2 atom stereocenters. The molecule has 1 saturated heterocycles. The van der Waals surface area contributed by atoms with Crippen molar-refractivity contribution in [2.24, 2.45) is 5.92 Å². The molecular weight excluding hydrogens is 260 g/mol. The van der Waals surface area contributed by atoms with Crippen LogP contribution in [0.3, 0.4) is 0 Å². The maximum absolute atomic E-state index is 6.06. The summed E-state index contributed by atoms with van der Waals surface area (Å²) in [6.45, 7) is 6.65. The molecule has 0 amide bonds. The predicted molar refractivity (Wildman–Crippen MR) is 79.7 cm³/mol. The summed E-state index contributed by atoms with van der Waals surface area (Å²) in [6.07, 6.45) is 3.05. The van der Waals surface area contributed by atoms with Gasteiger partial charge in [-0.15, -0.1) is 0 Å². The standard InChI is InChI=1S/C14H23ClN4/c1-4-5-13-17-12(15)8-14(18-13)16-11-6-7-19(3)9-10(11)2/h8,10-11H,4-7,9H2,1-3H3,(H,16,17,18). The van der Waals surface area contributed by atoms with Gasteiger partial charge in [0.1, 0.15) is 16.8 Å². The molecule has 1 aliphatic rings. The summed E-state index contributed by atoms with van der Waals surface area (Å²) < 4.78 is 0. The van der Waals surface area contributed by atoms with Crippen LogP contribution in [0.4, 0.5) is 5.82 Å². The Balaban J connectivity index is 2.05. The van der Waals surface area contributed by atoms with Gasteiger partial charge in [-0.3, -0.25) is 0 Å². The van der Waals surface area contributed by atoms with Crippen LogP contribution in [0.1, 0.15) is 32.5 Å². The molecule has 4 nitrogen and oxygen atoms in total. The van der Waals surface area contributed by atoms with Crippen LogP contribution < -0.4 is 5.32 Å². The van der Waals surface area contributed by atoms with Crippen molar-refractivity contribution < 1.29 is 0 Å². The summed E-state index contributed by atoms with van der Waals surface area (Å²) in [5, 5.41) is 4.06. The minimum absolute atomic E-state index is 0.469. The second kappa shape index (κ2) is 6.53. The number of nitrogens with zero attached hydrogens (tertiary/aromatic N) is 3. The monoisotopic (exact) mass is 282 g/mol. The van der Waals surface area contributed by atoms with Crippen LogP contribution in [0.5, 0.6) is 0 Å². The van der Waals surface area contributed by atoms with E-state index in [4.69, 9.17) is 11.6 Å². The van der Waals surface area contributed by atoms with Crippen molar-refractivity contribution in [3.63, 3.8) is 0 Å². The molecule has 106 valence electrons. The molecule has 1 fully saturated rings. The summed E-state index contributed by atoms with van der Waals surface area (Å²) in [5.74, 6) is 2.31. The predicted octanol–water partition coefficient (Wildman–Crippen LogP) is 2.83. The van der Waals surface area contributed by atoms with Gasteiger partial charge in [0, 0.05) is 25.1 Å². The van der Waals surface area contributed by atoms with Crippen molar-refractivity contribution in [3.8, 4) is 0 Å². The van der Waals surface area contributed by atoms with Crippen LogP contribution in [0, 0.1) is 5.92 Å². The first-order chi connectivity index (χ1) is 9.08. The fraction of sp³-hybridized carbons (Fsp3) is 0.714. The Kier molecular flexibility index (Phi) is 4.99. The molecule has 19 heavy (non-hydrogen) atoms. The van der Waals surface area contributed by atoms with E-state index in [1.807, 2.05) is 6.07 Å². The molecule has 0 bridgehead atoms. The van der Waals surface area contributed by atoms with E-state index in [-0.39, 0.29) is 0 Å². The van der Waals surface area contributed by atoms with Crippen molar-refractivity contribution in [2.75, 3.05) is 25.5 Å². The van der Waals surface area contributed by atoms with Crippen molar-refractivity contribution >= 4 is 17.4 Å². The molecule has 2 rings (SSSR count). The van der Waals surface area contributed by atoms with E-state index >= 15 is 0 Å². The molecule has 0 aliphatic carbocycles. The van der Waals surface area contributed by atoms with Crippen molar-refractivity contribution in [1.82, 2.24) is 14.9 Å². The Bertz CT molecular complexity index is 424. The molecular formula is C14H23ClN4. The average Bonchev–Trinajstić information content (AvgIpc) is 2.32. The first kappa shape index (κ1) is 14.5. The number of aryl methyl sites for hydroxylation is 1. The van der Waals surface area contributed by atoms with Gasteiger partial charge >= 0.3 is 0 Å². The van der Waals surface area contributed by atoms with Crippen LogP contribution in [0.15, 0.2) is 6.07 Å². The highest BCUT2D eigenvalue weighted by Crippen LogP contribution is 2.21. The highest BCUT2D eigenvalue weighted by Gasteiger charge is 2.24. The number of anilines is 1. The minimum atomic E-state index is 0.469. The summed E-state index contributed by atoms with van der Waals surface area (Å²) in [6, 6.07) is 2.29. The third-order valence-corrected chi connectivity index (χ3v) is 3.85. The SMILES string of the molecule is CCCc1nc(Cl)cc(NC2CCN(C)CC2C)n1. The van der Waals surface area contributed by atoms with Gasteiger partial charge < -0.3 is 10.2 Å². The van der Waals surface area contributed by atoms with Crippen LogP contribution in [-0.4, -0.2) is 41.0 Å². The number of likely N-dealkylation sites (tertiary alicyclic amines) is 1. The lowest BCUT2D eigenvalue weighted by molar-refractivity contribution is 0.206. The van der Waals surface area contributed by atoms with Crippen molar-refractivity contribution in [1.29, 1.82) is 0 Å². The topological polar surface area (TPSA) is 41.1 Å². The fourth-order valence-corrected chi connectivity index (χ4v) is 2.83. The molecule has 2 heterocycles. The highest BCUT2D eigenvalue weighted by atomic mass is 35.5. The normalized spacial score (nSPS) is 24.4. The number of aromatic nitrogens is 2. The van der Waals surface area contributed by atoms with Gasteiger partial charge in [-0.2, -0.15) is 0 Å². The first-order valence-electron chi connectivity index (χ1n) is 7.07. The molecule has 5 heteroatoms. The Morgan fingerprint density at radius 1 is 1.47 bits per heavy atom. The Morgan fingerprint density at radius 3 is 2.95 bits per heavy atom. The molecule has 0 spiro atoms. The number of rotatable bonds is 4. The van der Waals surface area contributed by atoms with Crippen LogP contribution in [0.2, 0.25) is 5.15 Å². The fourth-order valence-electron chi connectivity index (χ4n) is 2.63. The molecule has 2 unspecified atom stereocenters. The van der Waals surface area contributed by atoms with Crippen molar-refractivity contribution in [2.45, 2.75) is 39.2 Å². The van der Waals surface area contributed by atoms with E-state index in [1.165, 1.54) is 0 Å². The van der Waals surface area contributed by atoms with Gasteiger partial charge in [0.2, 0.25) is 0 Å². The molecule has 1 aliphatic heterocycles. The highest BCUT2D eigenvalue weighted by molar-refractivity contribution is 6.29. The summed E-state index contributed by atoms with van der Waals surface area (Å²) in [4.78, 5) is 11.2. The van der Waals surface area contributed by atoms with Crippen molar-refractivity contribution in [3.05, 3.63) is 17.0 Å². The van der Waals surface area contributed by atoms with Crippen LogP contribution >= 0.6 is 11.6 Å². The maximum Gasteiger partial charge on any atom is 0.134 e. The van der Waals surface area contributed by atoms with Gasteiger partial charge in [0.05, 0.1) is 0 Å². The Hall–Kier alpha value is -0.870. The Morgan fingerprint density at radius 2 is 2.26 bits per heavy atom. The lowest BCUT2D eigenvalue weighted by Gasteiger charge is -2.35. The second-order valence-corrected chi connectivity index (χ2v) is 5.91. The smallest absolute Gasteiger partial charge is 0.134 e. The van der Waals surface area contributed by atoms with Gasteiger partial charge in [-0.25, -0.2) is 9.97 Å².